The smallest absolute Gasteiger partial charge is 0.312 e. The van der Waals surface area contributed by atoms with E-state index in [1.54, 1.807) is 38.4 Å². The van der Waals surface area contributed by atoms with Crippen molar-refractivity contribution in [3.05, 3.63) is 59.7 Å². The van der Waals surface area contributed by atoms with Gasteiger partial charge in [-0.15, -0.1) is 0 Å². The fraction of sp³-hybridized carbons (Fsp3) is 0.250. The van der Waals surface area contributed by atoms with Gasteiger partial charge in [0.1, 0.15) is 0 Å². The molecular weight excluding hydrogens is 376 g/mol. The second kappa shape index (κ2) is 9.80. The van der Waals surface area contributed by atoms with Crippen LogP contribution in [0, 0.1) is 6.92 Å². The standard InChI is InChI=1S/C20H24N4O3S/c1-13-8-4-5-9-14(13)16(23-19(21)26)12-18(25)22-15-10-6-7-11-17(15)28-20(27)24(2)3/h4-11,16H,12H2,1-3H3,(H,22,25)(H3,21,23,26). The molecule has 0 saturated heterocycles. The maximum absolute atomic E-state index is 12.7. The molecule has 2 rings (SSSR count). The molecule has 0 fully saturated rings. The minimum absolute atomic E-state index is 0.00835. The quantitative estimate of drug-likeness (QED) is 0.645. The predicted octanol–water partition coefficient (Wildman–Crippen LogP) is 3.51. The fourth-order valence-electron chi connectivity index (χ4n) is 2.62. The van der Waals surface area contributed by atoms with Crippen LogP contribution in [0.1, 0.15) is 23.6 Å². The van der Waals surface area contributed by atoms with Gasteiger partial charge < -0.3 is 21.3 Å². The summed E-state index contributed by atoms with van der Waals surface area (Å²) >= 11 is 1.03. The molecule has 2 aromatic carbocycles. The van der Waals surface area contributed by atoms with E-state index in [4.69, 9.17) is 5.73 Å². The Kier molecular flexibility index (Phi) is 7.45. The predicted molar refractivity (Wildman–Crippen MR) is 111 cm³/mol. The Morgan fingerprint density at radius 3 is 2.36 bits per heavy atom. The summed E-state index contributed by atoms with van der Waals surface area (Å²) in [5, 5.41) is 5.31. The number of urea groups is 1. The number of hydrogen-bond acceptors (Lipinski definition) is 4. The molecule has 0 aliphatic heterocycles. The van der Waals surface area contributed by atoms with Crippen LogP contribution in [0.3, 0.4) is 0 Å². The molecule has 2 aromatic rings. The summed E-state index contributed by atoms with van der Waals surface area (Å²) in [7, 11) is 3.33. The van der Waals surface area contributed by atoms with Gasteiger partial charge in [-0.1, -0.05) is 36.4 Å². The first kappa shape index (κ1) is 21.3. The number of carbonyl (C=O) groups excluding carboxylic acids is 3. The molecule has 148 valence electrons. The number of nitrogens with two attached hydrogens (primary N) is 1. The van der Waals surface area contributed by atoms with E-state index >= 15 is 0 Å². The minimum Gasteiger partial charge on any atom is -0.352 e. The summed E-state index contributed by atoms with van der Waals surface area (Å²) in [6.45, 7) is 1.90. The number of aryl methyl sites for hydroxylation is 1. The molecule has 8 heteroatoms. The lowest BCUT2D eigenvalue weighted by Gasteiger charge is -2.20. The van der Waals surface area contributed by atoms with Gasteiger partial charge in [0, 0.05) is 19.0 Å². The molecule has 7 nitrogen and oxygen atoms in total. The van der Waals surface area contributed by atoms with Crippen molar-refractivity contribution in [2.24, 2.45) is 5.73 Å². The van der Waals surface area contributed by atoms with E-state index in [0.29, 0.717) is 10.6 Å². The van der Waals surface area contributed by atoms with E-state index in [2.05, 4.69) is 10.6 Å². The van der Waals surface area contributed by atoms with Crippen LogP contribution in [0.4, 0.5) is 15.3 Å². The first-order valence-electron chi connectivity index (χ1n) is 8.67. The number of nitrogens with one attached hydrogen (secondary N) is 2. The van der Waals surface area contributed by atoms with E-state index in [-0.39, 0.29) is 17.6 Å². The first-order valence-corrected chi connectivity index (χ1v) is 9.49. The first-order chi connectivity index (χ1) is 13.3. The highest BCUT2D eigenvalue weighted by Gasteiger charge is 2.20. The Bertz CT molecular complexity index is 870. The van der Waals surface area contributed by atoms with Crippen LogP contribution >= 0.6 is 11.8 Å². The van der Waals surface area contributed by atoms with Crippen molar-refractivity contribution >= 4 is 34.6 Å². The number of carbonyl (C=O) groups is 3. The number of hydrogen-bond donors (Lipinski definition) is 3. The van der Waals surface area contributed by atoms with Gasteiger partial charge >= 0.3 is 6.03 Å². The largest absolute Gasteiger partial charge is 0.352 e. The zero-order valence-electron chi connectivity index (χ0n) is 16.1. The summed E-state index contributed by atoms with van der Waals surface area (Å²) in [5.41, 5.74) is 7.59. The van der Waals surface area contributed by atoms with Gasteiger partial charge in [-0.05, 0) is 41.9 Å². The summed E-state index contributed by atoms with van der Waals surface area (Å²) in [6, 6.07) is 13.3. The Hall–Kier alpha value is -3.00. The van der Waals surface area contributed by atoms with Gasteiger partial charge in [0.2, 0.25) is 5.91 Å². The molecule has 0 heterocycles. The average Bonchev–Trinajstić information content (AvgIpc) is 2.62. The van der Waals surface area contributed by atoms with Crippen LogP contribution in [0.2, 0.25) is 0 Å². The van der Waals surface area contributed by atoms with Crippen LogP contribution in [-0.4, -0.2) is 36.2 Å². The third-order valence-corrected chi connectivity index (χ3v) is 5.11. The van der Waals surface area contributed by atoms with Crippen molar-refractivity contribution in [2.75, 3.05) is 19.4 Å². The van der Waals surface area contributed by atoms with Gasteiger partial charge in [0.15, 0.2) is 0 Å². The van der Waals surface area contributed by atoms with Crippen LogP contribution in [0.15, 0.2) is 53.4 Å². The average molecular weight is 401 g/mol. The lowest BCUT2D eigenvalue weighted by molar-refractivity contribution is -0.116. The third-order valence-electron chi connectivity index (χ3n) is 3.99. The number of primary amides is 1. The number of para-hydroxylation sites is 1. The second-order valence-electron chi connectivity index (χ2n) is 6.43. The Labute approximate surface area is 168 Å². The lowest BCUT2D eigenvalue weighted by Crippen LogP contribution is -2.35. The number of amides is 4. The van der Waals surface area contributed by atoms with Crippen LogP contribution in [0.5, 0.6) is 0 Å². The second-order valence-corrected chi connectivity index (χ2v) is 7.42. The van der Waals surface area contributed by atoms with E-state index in [1.807, 2.05) is 31.2 Å². The highest BCUT2D eigenvalue weighted by molar-refractivity contribution is 8.13. The molecule has 0 aliphatic carbocycles. The maximum atomic E-state index is 12.7. The monoisotopic (exact) mass is 400 g/mol. The van der Waals surface area contributed by atoms with Crippen molar-refractivity contribution < 1.29 is 14.4 Å². The van der Waals surface area contributed by atoms with Crippen LogP contribution in [-0.2, 0) is 4.79 Å². The molecule has 0 saturated carbocycles. The van der Waals surface area contributed by atoms with Gasteiger partial charge in [-0.2, -0.15) is 0 Å². The van der Waals surface area contributed by atoms with Gasteiger partial charge in [-0.25, -0.2) is 4.79 Å². The van der Waals surface area contributed by atoms with Gasteiger partial charge in [0.05, 0.1) is 18.2 Å². The number of nitrogens with zero attached hydrogens (tertiary/aromatic N) is 1. The van der Waals surface area contributed by atoms with Gasteiger partial charge in [-0.3, -0.25) is 9.59 Å². The number of thioether (sulfide) groups is 1. The molecule has 4 N–H and O–H groups in total. The van der Waals surface area contributed by atoms with Crippen molar-refractivity contribution in [1.29, 1.82) is 0 Å². The molecule has 1 atom stereocenters. The van der Waals surface area contributed by atoms with Crippen LogP contribution < -0.4 is 16.4 Å². The van der Waals surface area contributed by atoms with Crippen molar-refractivity contribution in [2.45, 2.75) is 24.3 Å². The van der Waals surface area contributed by atoms with Crippen LogP contribution in [0.25, 0.3) is 0 Å². The summed E-state index contributed by atoms with van der Waals surface area (Å²) < 4.78 is 0. The molecule has 0 aromatic heterocycles. The Balaban J connectivity index is 2.16. The lowest BCUT2D eigenvalue weighted by atomic mass is 9.98. The molecule has 0 bridgehead atoms. The van der Waals surface area contributed by atoms with Gasteiger partial charge in [0.25, 0.3) is 5.24 Å². The summed E-state index contributed by atoms with van der Waals surface area (Å²) in [5.74, 6) is -0.299. The van der Waals surface area contributed by atoms with E-state index in [9.17, 15) is 14.4 Å². The zero-order valence-corrected chi connectivity index (χ0v) is 16.9. The summed E-state index contributed by atoms with van der Waals surface area (Å²) in [4.78, 5) is 38.2. The SMILES string of the molecule is Cc1ccccc1C(CC(=O)Nc1ccccc1SC(=O)N(C)C)NC(N)=O. The Morgan fingerprint density at radius 2 is 1.71 bits per heavy atom. The van der Waals surface area contributed by atoms with Crippen molar-refractivity contribution in [1.82, 2.24) is 10.2 Å². The number of benzene rings is 2. The number of rotatable bonds is 6. The molecule has 0 radical (unpaired) electrons. The molecule has 1 unspecified atom stereocenters. The molecule has 0 spiro atoms. The number of anilines is 1. The third kappa shape index (κ3) is 6.02. The highest BCUT2D eigenvalue weighted by Crippen LogP contribution is 2.29. The van der Waals surface area contributed by atoms with E-state index < -0.39 is 12.1 Å². The topological polar surface area (TPSA) is 105 Å². The molecular formula is C20H24N4O3S. The maximum Gasteiger partial charge on any atom is 0.312 e. The minimum atomic E-state index is -0.700. The Morgan fingerprint density at radius 1 is 1.07 bits per heavy atom. The fourth-order valence-corrected chi connectivity index (χ4v) is 3.37. The zero-order chi connectivity index (χ0) is 20.7. The van der Waals surface area contributed by atoms with Crippen molar-refractivity contribution in [3.8, 4) is 0 Å². The van der Waals surface area contributed by atoms with E-state index in [1.165, 1.54) is 4.90 Å². The normalized spacial score (nSPS) is 11.4. The molecule has 4 amide bonds. The van der Waals surface area contributed by atoms with Crippen molar-refractivity contribution in [3.63, 3.8) is 0 Å². The highest BCUT2D eigenvalue weighted by atomic mass is 32.2. The molecule has 0 aliphatic rings. The molecule has 28 heavy (non-hydrogen) atoms. The van der Waals surface area contributed by atoms with E-state index in [0.717, 1.165) is 22.9 Å². The summed E-state index contributed by atoms with van der Waals surface area (Å²) in [6.07, 6.45) is 0.00835.